The lowest BCUT2D eigenvalue weighted by atomic mass is 9.98. The number of hydrogen-bond acceptors (Lipinski definition) is 6. The second-order valence-electron chi connectivity index (χ2n) is 19.4. The van der Waals surface area contributed by atoms with Crippen LogP contribution in [0.5, 0.6) is 0 Å². The van der Waals surface area contributed by atoms with Gasteiger partial charge in [-0.15, -0.1) is 11.3 Å². The first-order valence-electron chi connectivity index (χ1n) is 25.5. The summed E-state index contributed by atoms with van der Waals surface area (Å²) >= 11 is 1.79. The monoisotopic (exact) mass is 988 g/mol. The fourth-order valence-corrected chi connectivity index (χ4v) is 12.8. The van der Waals surface area contributed by atoms with E-state index in [2.05, 4.69) is 211 Å². The third-order valence-corrected chi connectivity index (χ3v) is 16.3. The topological polar surface area (TPSA) is 69.9 Å². The Morgan fingerprint density at radius 3 is 1.68 bits per heavy atom. The number of benzene rings is 11. The highest BCUT2D eigenvalue weighted by atomic mass is 32.1. The van der Waals surface area contributed by atoms with E-state index in [9.17, 15) is 0 Å². The average molecular weight is 989 g/mol. The van der Waals surface area contributed by atoms with Crippen LogP contribution in [0.1, 0.15) is 0 Å². The van der Waals surface area contributed by atoms with Crippen LogP contribution in [0.15, 0.2) is 251 Å². The first kappa shape index (κ1) is 42.5. The minimum Gasteiger partial charge on any atom is -0.456 e. The summed E-state index contributed by atoms with van der Waals surface area (Å²) in [4.78, 5) is 15.7. The molecule has 7 heteroatoms. The van der Waals surface area contributed by atoms with E-state index in [4.69, 9.17) is 23.8 Å². The van der Waals surface area contributed by atoms with Gasteiger partial charge >= 0.3 is 0 Å². The molecule has 16 rings (SSSR count). The van der Waals surface area contributed by atoms with Crippen LogP contribution in [-0.4, -0.2) is 19.5 Å². The Bertz CT molecular complexity index is 4990. The summed E-state index contributed by atoms with van der Waals surface area (Å²) in [6.45, 7) is 0. The van der Waals surface area contributed by atoms with Crippen molar-refractivity contribution in [2.75, 3.05) is 0 Å². The van der Waals surface area contributed by atoms with Crippen molar-refractivity contribution < 1.29 is 8.83 Å². The summed E-state index contributed by atoms with van der Waals surface area (Å²) in [5.41, 5.74) is 16.3. The second-order valence-corrected chi connectivity index (χ2v) is 20.5. The van der Waals surface area contributed by atoms with Gasteiger partial charge in [-0.05, 0) is 95.1 Å². The predicted molar refractivity (Wildman–Crippen MR) is 314 cm³/mol. The van der Waals surface area contributed by atoms with Gasteiger partial charge in [0.15, 0.2) is 17.5 Å². The quantitative estimate of drug-likeness (QED) is 0.159. The Morgan fingerprint density at radius 1 is 0.316 bits per heavy atom. The van der Waals surface area contributed by atoms with E-state index in [0.29, 0.717) is 17.5 Å². The maximum Gasteiger partial charge on any atom is 0.164 e. The van der Waals surface area contributed by atoms with Crippen molar-refractivity contribution in [3.05, 3.63) is 243 Å². The molecule has 11 aromatic carbocycles. The summed E-state index contributed by atoms with van der Waals surface area (Å²) in [5.74, 6) is 1.78. The normalized spacial score (nSPS) is 11.9. The van der Waals surface area contributed by atoms with Crippen LogP contribution >= 0.6 is 11.3 Å². The van der Waals surface area contributed by atoms with Gasteiger partial charge in [0.05, 0.1) is 11.0 Å². The van der Waals surface area contributed by atoms with Gasteiger partial charge < -0.3 is 13.4 Å². The van der Waals surface area contributed by atoms with Gasteiger partial charge in [-0.1, -0.05) is 170 Å². The maximum atomic E-state index is 6.87. The molecule has 0 atom stereocenters. The van der Waals surface area contributed by atoms with E-state index in [1.807, 2.05) is 36.4 Å². The molecule has 0 aliphatic heterocycles. The van der Waals surface area contributed by atoms with Crippen molar-refractivity contribution in [2.24, 2.45) is 0 Å². The molecule has 0 radical (unpaired) electrons. The van der Waals surface area contributed by atoms with E-state index < -0.39 is 0 Å². The first-order chi connectivity index (χ1) is 37.6. The molecule has 0 aliphatic rings. The summed E-state index contributed by atoms with van der Waals surface area (Å²) in [6.07, 6.45) is 0. The number of para-hydroxylation sites is 3. The van der Waals surface area contributed by atoms with Gasteiger partial charge in [0.2, 0.25) is 0 Å². The maximum absolute atomic E-state index is 6.87. The van der Waals surface area contributed by atoms with E-state index in [1.54, 1.807) is 11.3 Å². The predicted octanol–water partition coefficient (Wildman–Crippen LogP) is 19.1. The number of aromatic nitrogens is 4. The summed E-state index contributed by atoms with van der Waals surface area (Å²) in [7, 11) is 0. The summed E-state index contributed by atoms with van der Waals surface area (Å²) in [6, 6.07) is 85.6. The molecule has 0 saturated heterocycles. The number of fused-ring (bicyclic) bond motifs is 12. The van der Waals surface area contributed by atoms with Gasteiger partial charge in [-0.2, -0.15) is 0 Å². The fraction of sp³-hybridized carbons (Fsp3) is 0. The van der Waals surface area contributed by atoms with Gasteiger partial charge in [0.1, 0.15) is 22.3 Å². The third kappa shape index (κ3) is 6.69. The molecule has 0 N–H and O–H groups in total. The molecule has 0 saturated carbocycles. The fourth-order valence-electron chi connectivity index (χ4n) is 11.5. The summed E-state index contributed by atoms with van der Waals surface area (Å²) in [5, 5.41) is 8.97. The smallest absolute Gasteiger partial charge is 0.164 e. The molecule has 0 spiro atoms. The van der Waals surface area contributed by atoms with E-state index in [-0.39, 0.29) is 0 Å². The van der Waals surface area contributed by atoms with Crippen molar-refractivity contribution in [3.63, 3.8) is 0 Å². The van der Waals surface area contributed by atoms with Gasteiger partial charge in [0, 0.05) is 86.0 Å². The van der Waals surface area contributed by atoms with Crippen molar-refractivity contribution >= 4 is 97.2 Å². The van der Waals surface area contributed by atoms with Crippen LogP contribution in [0.4, 0.5) is 0 Å². The van der Waals surface area contributed by atoms with Gasteiger partial charge in [-0.3, -0.25) is 0 Å². The number of rotatable bonds is 7. The molecule has 0 amide bonds. The number of hydrogen-bond donors (Lipinski definition) is 0. The van der Waals surface area contributed by atoms with Crippen LogP contribution in [0.2, 0.25) is 0 Å². The molecule has 0 unspecified atom stereocenters. The highest BCUT2D eigenvalue weighted by molar-refractivity contribution is 7.26. The second kappa shape index (κ2) is 16.8. The molecule has 76 heavy (non-hydrogen) atoms. The SMILES string of the molecule is c1ccc(-c2ccc3oc4cc(-c5nc(-c6ccccc6)nc(-c6cccc7sc8c(-c9cccc%10c9oc9ccc(-c%11ccc%12c(c%11)c%11ccccc%11n%12-c%11ccccc%11)cc9%10)cccc8c67)n5)ccc4c3c2)cc1. The molecular formula is C69H40N4O2S. The molecule has 5 heterocycles. The number of nitrogens with zero attached hydrogens (tertiary/aromatic N) is 4. The molecule has 16 aromatic rings. The van der Waals surface area contributed by atoms with Gasteiger partial charge in [0.25, 0.3) is 0 Å². The Kier molecular flexibility index (Phi) is 9.40. The Hall–Kier alpha value is -9.95. The number of furan rings is 2. The lowest BCUT2D eigenvalue weighted by molar-refractivity contribution is 0.669. The number of thiophene rings is 1. The Labute approximate surface area is 439 Å². The van der Waals surface area contributed by atoms with Gasteiger partial charge in [-0.25, -0.2) is 15.0 Å². The van der Waals surface area contributed by atoms with Crippen LogP contribution in [-0.2, 0) is 0 Å². The molecular weight excluding hydrogens is 949 g/mol. The van der Waals surface area contributed by atoms with E-state index in [1.165, 1.54) is 32.1 Å². The minimum atomic E-state index is 0.573. The Balaban J connectivity index is 0.806. The lowest BCUT2D eigenvalue weighted by Gasteiger charge is -2.10. The molecule has 5 aromatic heterocycles. The molecule has 0 aliphatic carbocycles. The lowest BCUT2D eigenvalue weighted by Crippen LogP contribution is -2.00. The van der Waals surface area contributed by atoms with Crippen molar-refractivity contribution in [1.29, 1.82) is 0 Å². The zero-order valence-electron chi connectivity index (χ0n) is 40.6. The third-order valence-electron chi connectivity index (χ3n) is 15.1. The van der Waals surface area contributed by atoms with Crippen LogP contribution in [0.3, 0.4) is 0 Å². The minimum absolute atomic E-state index is 0.573. The van der Waals surface area contributed by atoms with E-state index in [0.717, 1.165) is 110 Å². The molecule has 0 bridgehead atoms. The summed E-state index contributed by atoms with van der Waals surface area (Å²) < 4.78 is 18.1. The largest absolute Gasteiger partial charge is 0.456 e. The molecule has 6 nitrogen and oxygen atoms in total. The van der Waals surface area contributed by atoms with Crippen LogP contribution in [0, 0.1) is 0 Å². The standard InChI is InChI=1S/C69H40N4O2S/c1-4-15-41(16-5-1)43-31-35-60-56(38-43)49-33-29-46(40-62(49)74-60)68-70-67(42-17-6-2-7-18-42)71-69(72-68)54-26-14-28-63-64(54)53-25-13-24-52(66(53)76-63)50-22-12-23-51-57-39-45(32-36-61(57)75-65(50)51)44-30-34-59-55(37-44)48-21-10-11-27-58(48)73(59)47-19-8-3-9-20-47/h1-40H. The highest BCUT2D eigenvalue weighted by Gasteiger charge is 2.22. The van der Waals surface area contributed by atoms with E-state index >= 15 is 0 Å². The van der Waals surface area contributed by atoms with Crippen molar-refractivity contribution in [3.8, 4) is 73.2 Å². The zero-order chi connectivity index (χ0) is 49.8. The van der Waals surface area contributed by atoms with Crippen molar-refractivity contribution in [2.45, 2.75) is 0 Å². The molecule has 0 fully saturated rings. The zero-order valence-corrected chi connectivity index (χ0v) is 41.4. The first-order valence-corrected chi connectivity index (χ1v) is 26.3. The van der Waals surface area contributed by atoms with Crippen LogP contribution < -0.4 is 0 Å². The Morgan fingerprint density at radius 2 is 0.882 bits per heavy atom. The van der Waals surface area contributed by atoms with Crippen molar-refractivity contribution in [1.82, 2.24) is 19.5 Å². The molecule has 354 valence electrons. The average Bonchev–Trinajstić information content (AvgIpc) is 4.29. The highest BCUT2D eigenvalue weighted by Crippen LogP contribution is 2.47. The van der Waals surface area contributed by atoms with Crippen LogP contribution in [0.25, 0.3) is 159 Å².